The van der Waals surface area contributed by atoms with Crippen LogP contribution in [0.4, 0.5) is 10.5 Å². The zero-order valence-electron chi connectivity index (χ0n) is 20.0. The van der Waals surface area contributed by atoms with Gasteiger partial charge in [0, 0.05) is 12.1 Å². The van der Waals surface area contributed by atoms with E-state index < -0.39 is 18.0 Å². The number of nitrogens with one attached hydrogen (secondary N) is 3. The number of unbranched alkanes of at least 4 members (excludes halogenated alkanes) is 2. The van der Waals surface area contributed by atoms with E-state index in [-0.39, 0.29) is 18.9 Å². The van der Waals surface area contributed by atoms with Crippen LogP contribution in [0.5, 0.6) is 0 Å². The van der Waals surface area contributed by atoms with Crippen molar-refractivity contribution in [3.05, 3.63) is 90.5 Å². The second-order valence-corrected chi connectivity index (χ2v) is 8.33. The molecular weight excluding hydrogens is 458 g/mol. The fourth-order valence-electron chi connectivity index (χ4n) is 3.65. The van der Waals surface area contributed by atoms with E-state index in [1.54, 1.807) is 5.48 Å². The first-order valence-corrected chi connectivity index (χ1v) is 11.9. The van der Waals surface area contributed by atoms with E-state index in [4.69, 9.17) is 9.94 Å². The quantitative estimate of drug-likeness (QED) is 0.162. The molecule has 4 N–H and O–H groups in total. The molecule has 188 valence electrons. The Labute approximate surface area is 210 Å². The van der Waals surface area contributed by atoms with E-state index in [0.29, 0.717) is 31.4 Å². The molecule has 3 amide bonds. The minimum Gasteiger partial charge on any atom is -0.445 e. The van der Waals surface area contributed by atoms with Gasteiger partial charge in [0.25, 0.3) is 0 Å². The molecule has 0 spiro atoms. The number of alkyl carbamates (subject to hydrolysis) is 1. The number of anilines is 1. The van der Waals surface area contributed by atoms with Crippen LogP contribution in [-0.2, 0) is 20.9 Å². The van der Waals surface area contributed by atoms with Crippen LogP contribution in [0.2, 0.25) is 0 Å². The van der Waals surface area contributed by atoms with Gasteiger partial charge in [-0.1, -0.05) is 85.6 Å². The molecule has 0 aliphatic heterocycles. The second kappa shape index (κ2) is 14.3. The Morgan fingerprint density at radius 1 is 0.778 bits per heavy atom. The van der Waals surface area contributed by atoms with E-state index in [1.807, 2.05) is 84.9 Å². The van der Waals surface area contributed by atoms with Gasteiger partial charge < -0.3 is 15.4 Å². The van der Waals surface area contributed by atoms with E-state index in [9.17, 15) is 14.4 Å². The number of amides is 3. The van der Waals surface area contributed by atoms with Gasteiger partial charge in [0.2, 0.25) is 11.8 Å². The Morgan fingerprint density at radius 2 is 1.42 bits per heavy atom. The Bertz CT molecular complexity index is 1110. The van der Waals surface area contributed by atoms with Crippen molar-refractivity contribution in [1.29, 1.82) is 0 Å². The molecule has 0 heterocycles. The third-order valence-electron chi connectivity index (χ3n) is 5.60. The topological polar surface area (TPSA) is 117 Å². The lowest BCUT2D eigenvalue weighted by Gasteiger charge is -2.18. The number of hydrogen-bond acceptors (Lipinski definition) is 5. The smallest absolute Gasteiger partial charge is 0.408 e. The van der Waals surface area contributed by atoms with Gasteiger partial charge >= 0.3 is 6.09 Å². The molecule has 3 aromatic carbocycles. The summed E-state index contributed by atoms with van der Waals surface area (Å²) in [7, 11) is 0. The highest BCUT2D eigenvalue weighted by Gasteiger charge is 2.21. The van der Waals surface area contributed by atoms with Crippen molar-refractivity contribution in [2.45, 2.75) is 44.8 Å². The number of hydroxylamine groups is 1. The third-order valence-corrected chi connectivity index (χ3v) is 5.60. The normalized spacial score (nSPS) is 11.2. The maximum Gasteiger partial charge on any atom is 0.408 e. The first kappa shape index (κ1) is 26.4. The van der Waals surface area contributed by atoms with Gasteiger partial charge in [0.1, 0.15) is 12.6 Å². The highest BCUT2D eigenvalue weighted by atomic mass is 16.5. The summed E-state index contributed by atoms with van der Waals surface area (Å²) in [4.78, 5) is 36.6. The molecule has 0 fully saturated rings. The van der Waals surface area contributed by atoms with Crippen LogP contribution in [-0.4, -0.2) is 29.2 Å². The lowest BCUT2D eigenvalue weighted by atomic mass is 10.0. The molecule has 0 saturated carbocycles. The summed E-state index contributed by atoms with van der Waals surface area (Å²) in [5.41, 5.74) is 5.16. The molecule has 0 saturated heterocycles. The van der Waals surface area contributed by atoms with Crippen molar-refractivity contribution in [2.24, 2.45) is 0 Å². The Hall–Kier alpha value is -4.17. The van der Waals surface area contributed by atoms with Gasteiger partial charge in [-0.2, -0.15) is 0 Å². The van der Waals surface area contributed by atoms with Gasteiger partial charge in [0.15, 0.2) is 0 Å². The zero-order valence-corrected chi connectivity index (χ0v) is 20.0. The van der Waals surface area contributed by atoms with Crippen LogP contribution in [0.15, 0.2) is 84.9 Å². The average Bonchev–Trinajstić information content (AvgIpc) is 2.92. The van der Waals surface area contributed by atoms with Crippen LogP contribution < -0.4 is 16.1 Å². The van der Waals surface area contributed by atoms with Gasteiger partial charge in [-0.25, -0.2) is 10.3 Å². The summed E-state index contributed by atoms with van der Waals surface area (Å²) in [5.74, 6) is -0.807. The number of carbonyl (C=O) groups excluding carboxylic acids is 3. The van der Waals surface area contributed by atoms with Crippen LogP contribution in [0.1, 0.15) is 37.7 Å². The van der Waals surface area contributed by atoms with E-state index >= 15 is 0 Å². The van der Waals surface area contributed by atoms with Crippen molar-refractivity contribution in [3.8, 4) is 11.1 Å². The van der Waals surface area contributed by atoms with Crippen molar-refractivity contribution in [3.63, 3.8) is 0 Å². The SMILES string of the molecule is O=C(CCCCC[C@H](NC(=O)OCc1ccccc1)C(=O)Nc1ccc(-c2ccccc2)cc1)NO. The van der Waals surface area contributed by atoms with Crippen LogP contribution >= 0.6 is 0 Å². The van der Waals surface area contributed by atoms with Crippen LogP contribution in [0.25, 0.3) is 11.1 Å². The molecule has 0 unspecified atom stereocenters. The molecule has 3 rings (SSSR count). The molecule has 8 nitrogen and oxygen atoms in total. The fourth-order valence-corrected chi connectivity index (χ4v) is 3.65. The summed E-state index contributed by atoms with van der Waals surface area (Å²) in [5, 5.41) is 14.1. The summed E-state index contributed by atoms with van der Waals surface area (Å²) < 4.78 is 5.29. The maximum atomic E-state index is 13.0. The van der Waals surface area contributed by atoms with Gasteiger partial charge in [-0.05, 0) is 41.7 Å². The van der Waals surface area contributed by atoms with E-state index in [0.717, 1.165) is 16.7 Å². The standard InChI is InChI=1S/C28H31N3O5/c32-26(31-35)15-9-3-8-14-25(30-28(34)36-20-21-10-4-1-5-11-21)27(33)29-24-18-16-23(17-19-24)22-12-6-2-7-13-22/h1-2,4-7,10-13,16-19,25,35H,3,8-9,14-15,20H2,(H,29,33)(H,30,34)(H,31,32)/t25-/m0/s1. The summed E-state index contributed by atoms with van der Waals surface area (Å²) in [6, 6.07) is 25.9. The predicted molar refractivity (Wildman–Crippen MR) is 137 cm³/mol. The van der Waals surface area contributed by atoms with E-state index in [2.05, 4.69) is 10.6 Å². The number of ether oxygens (including phenoxy) is 1. The third kappa shape index (κ3) is 8.88. The highest BCUT2D eigenvalue weighted by molar-refractivity contribution is 5.96. The molecule has 1 atom stereocenters. The minimum absolute atomic E-state index is 0.0955. The Morgan fingerprint density at radius 3 is 2.08 bits per heavy atom. The zero-order chi connectivity index (χ0) is 25.6. The number of hydrogen-bond donors (Lipinski definition) is 4. The first-order chi connectivity index (χ1) is 17.5. The van der Waals surface area contributed by atoms with Crippen LogP contribution in [0.3, 0.4) is 0 Å². The van der Waals surface area contributed by atoms with Crippen molar-refractivity contribution >= 4 is 23.6 Å². The monoisotopic (exact) mass is 489 g/mol. The fraction of sp³-hybridized carbons (Fsp3) is 0.250. The predicted octanol–water partition coefficient (Wildman–Crippen LogP) is 5.04. The van der Waals surface area contributed by atoms with E-state index in [1.165, 1.54) is 0 Å². The average molecular weight is 490 g/mol. The van der Waals surface area contributed by atoms with Gasteiger partial charge in [0.05, 0.1) is 0 Å². The summed E-state index contributed by atoms with van der Waals surface area (Å²) in [6.07, 6.45) is 1.69. The Kier molecular flexibility index (Phi) is 10.5. The number of rotatable bonds is 12. The molecule has 0 aliphatic rings. The van der Waals surface area contributed by atoms with Gasteiger partial charge in [-0.15, -0.1) is 0 Å². The number of carbonyl (C=O) groups is 3. The van der Waals surface area contributed by atoms with Gasteiger partial charge in [-0.3, -0.25) is 14.8 Å². The van der Waals surface area contributed by atoms with Crippen molar-refractivity contribution < 1.29 is 24.3 Å². The maximum absolute atomic E-state index is 13.0. The van der Waals surface area contributed by atoms with Crippen molar-refractivity contribution in [1.82, 2.24) is 10.8 Å². The molecule has 3 aromatic rings. The number of benzene rings is 3. The molecule has 0 bridgehead atoms. The lowest BCUT2D eigenvalue weighted by molar-refractivity contribution is -0.129. The largest absolute Gasteiger partial charge is 0.445 e. The molecule has 8 heteroatoms. The first-order valence-electron chi connectivity index (χ1n) is 11.9. The molecule has 0 radical (unpaired) electrons. The molecule has 36 heavy (non-hydrogen) atoms. The summed E-state index contributed by atoms with van der Waals surface area (Å²) in [6.45, 7) is 0.0955. The Balaban J connectivity index is 1.57. The molecule has 0 aromatic heterocycles. The van der Waals surface area contributed by atoms with Crippen molar-refractivity contribution in [2.75, 3.05) is 5.32 Å². The van der Waals surface area contributed by atoms with Crippen LogP contribution in [0, 0.1) is 0 Å². The minimum atomic E-state index is -0.811. The molecule has 0 aliphatic carbocycles. The molecular formula is C28H31N3O5. The lowest BCUT2D eigenvalue weighted by Crippen LogP contribution is -2.44. The second-order valence-electron chi connectivity index (χ2n) is 8.33. The summed E-state index contributed by atoms with van der Waals surface area (Å²) >= 11 is 0. The highest BCUT2D eigenvalue weighted by Crippen LogP contribution is 2.21.